The van der Waals surface area contributed by atoms with E-state index in [1.165, 1.54) is 6.07 Å². The molecule has 0 saturated heterocycles. The minimum atomic E-state index is -2.86. The average molecular weight is 296 g/mol. The van der Waals surface area contributed by atoms with Crippen LogP contribution in [-0.4, -0.2) is 28.2 Å². The molecule has 0 amide bonds. The zero-order valence-corrected chi connectivity index (χ0v) is 12.0. The maximum absolute atomic E-state index is 12.6. The Hall–Kier alpha value is -2.02. The van der Waals surface area contributed by atoms with Gasteiger partial charge in [0.05, 0.1) is 17.9 Å². The van der Waals surface area contributed by atoms with Gasteiger partial charge in [0.25, 0.3) is 0 Å². The van der Waals surface area contributed by atoms with Crippen LogP contribution in [0.1, 0.15) is 30.6 Å². The lowest BCUT2D eigenvalue weighted by atomic mass is 10.0. The van der Waals surface area contributed by atoms with E-state index in [0.29, 0.717) is 5.56 Å². The maximum Gasteiger partial charge on any atom is 0.387 e. The van der Waals surface area contributed by atoms with Gasteiger partial charge in [-0.2, -0.15) is 8.78 Å². The molecule has 1 heterocycles. The predicted molar refractivity (Wildman–Crippen MR) is 74.2 cm³/mol. The van der Waals surface area contributed by atoms with Crippen molar-refractivity contribution in [2.75, 3.05) is 6.54 Å². The molecule has 1 aromatic heterocycles. The number of para-hydroxylation sites is 1. The number of halogens is 2. The second-order valence-corrected chi connectivity index (χ2v) is 4.59. The van der Waals surface area contributed by atoms with E-state index in [9.17, 15) is 8.78 Å². The summed E-state index contributed by atoms with van der Waals surface area (Å²) in [4.78, 5) is 0. The van der Waals surface area contributed by atoms with Gasteiger partial charge < -0.3 is 10.1 Å². The normalized spacial score (nSPS) is 12.6. The van der Waals surface area contributed by atoms with Crippen LogP contribution >= 0.6 is 0 Å². The van der Waals surface area contributed by atoms with Crippen molar-refractivity contribution in [2.45, 2.75) is 26.0 Å². The van der Waals surface area contributed by atoms with Gasteiger partial charge in [0.2, 0.25) is 0 Å². The molecule has 0 aliphatic rings. The third-order valence-corrected chi connectivity index (χ3v) is 3.09. The molecule has 0 saturated carbocycles. The molecule has 21 heavy (non-hydrogen) atoms. The van der Waals surface area contributed by atoms with Crippen molar-refractivity contribution < 1.29 is 13.5 Å². The number of alkyl halides is 2. The third kappa shape index (κ3) is 3.75. The average Bonchev–Trinajstić information content (AvgIpc) is 2.87. The molecular formula is C14H18F2N4O. The standard InChI is InChI=1S/C14H18F2N4O/c1-3-8-17-13(11-9-18-19-20(11)2)10-6-4-5-7-12(10)21-14(15)16/h4-7,9,13-14,17H,3,8H2,1-2H3. The first-order valence-electron chi connectivity index (χ1n) is 6.75. The van der Waals surface area contributed by atoms with E-state index in [4.69, 9.17) is 0 Å². The molecule has 2 rings (SSSR count). The quantitative estimate of drug-likeness (QED) is 0.853. The van der Waals surface area contributed by atoms with Crippen LogP contribution in [-0.2, 0) is 7.05 Å². The molecular weight excluding hydrogens is 278 g/mol. The lowest BCUT2D eigenvalue weighted by Gasteiger charge is -2.21. The minimum absolute atomic E-state index is 0.155. The van der Waals surface area contributed by atoms with Crippen LogP contribution in [0.4, 0.5) is 8.78 Å². The molecule has 1 unspecified atom stereocenters. The fourth-order valence-corrected chi connectivity index (χ4v) is 2.14. The summed E-state index contributed by atoms with van der Waals surface area (Å²) in [6.45, 7) is -0.0889. The number of aryl methyl sites for hydroxylation is 1. The van der Waals surface area contributed by atoms with Gasteiger partial charge >= 0.3 is 6.61 Å². The molecule has 2 aromatic rings. The molecule has 0 spiro atoms. The monoisotopic (exact) mass is 296 g/mol. The Balaban J connectivity index is 2.39. The summed E-state index contributed by atoms with van der Waals surface area (Å²) in [7, 11) is 1.76. The smallest absolute Gasteiger partial charge is 0.387 e. The van der Waals surface area contributed by atoms with Crippen LogP contribution in [0, 0.1) is 0 Å². The number of aromatic nitrogens is 3. The van der Waals surface area contributed by atoms with Crippen LogP contribution in [0.5, 0.6) is 5.75 Å². The molecule has 0 fully saturated rings. The Bertz CT molecular complexity index is 574. The number of hydrogen-bond acceptors (Lipinski definition) is 4. The maximum atomic E-state index is 12.6. The second-order valence-electron chi connectivity index (χ2n) is 4.59. The van der Waals surface area contributed by atoms with Gasteiger partial charge in [-0.05, 0) is 19.0 Å². The fraction of sp³-hybridized carbons (Fsp3) is 0.429. The topological polar surface area (TPSA) is 52.0 Å². The van der Waals surface area contributed by atoms with E-state index < -0.39 is 6.61 Å². The first kappa shape index (κ1) is 15.4. The summed E-state index contributed by atoms with van der Waals surface area (Å²) in [6.07, 6.45) is 2.53. The summed E-state index contributed by atoms with van der Waals surface area (Å²) in [5, 5.41) is 11.1. The molecule has 5 nitrogen and oxygen atoms in total. The van der Waals surface area contributed by atoms with Crippen molar-refractivity contribution in [1.82, 2.24) is 20.3 Å². The highest BCUT2D eigenvalue weighted by atomic mass is 19.3. The first-order chi connectivity index (χ1) is 10.1. The highest BCUT2D eigenvalue weighted by molar-refractivity contribution is 5.39. The van der Waals surface area contributed by atoms with Crippen molar-refractivity contribution in [3.05, 3.63) is 41.7 Å². The van der Waals surface area contributed by atoms with Gasteiger partial charge in [-0.25, -0.2) is 0 Å². The Labute approximate surface area is 121 Å². The fourth-order valence-electron chi connectivity index (χ4n) is 2.14. The van der Waals surface area contributed by atoms with Gasteiger partial charge in [-0.1, -0.05) is 30.3 Å². The molecule has 1 aromatic carbocycles. The van der Waals surface area contributed by atoms with Gasteiger partial charge in [0.1, 0.15) is 5.75 Å². The summed E-state index contributed by atoms with van der Waals surface area (Å²) in [5.41, 5.74) is 1.42. The van der Waals surface area contributed by atoms with Crippen molar-refractivity contribution in [3.8, 4) is 5.75 Å². The lowest BCUT2D eigenvalue weighted by molar-refractivity contribution is -0.0506. The number of ether oxygens (including phenoxy) is 1. The van der Waals surface area contributed by atoms with Crippen LogP contribution in [0.3, 0.4) is 0 Å². The minimum Gasteiger partial charge on any atom is -0.434 e. The Morgan fingerprint density at radius 2 is 2.10 bits per heavy atom. The van der Waals surface area contributed by atoms with E-state index in [2.05, 4.69) is 20.4 Å². The highest BCUT2D eigenvalue weighted by Gasteiger charge is 2.22. The third-order valence-electron chi connectivity index (χ3n) is 3.09. The molecule has 7 heteroatoms. The van der Waals surface area contributed by atoms with E-state index in [-0.39, 0.29) is 11.8 Å². The molecule has 0 aliphatic carbocycles. The van der Waals surface area contributed by atoms with Crippen molar-refractivity contribution in [1.29, 1.82) is 0 Å². The van der Waals surface area contributed by atoms with Crippen molar-refractivity contribution >= 4 is 0 Å². The van der Waals surface area contributed by atoms with Crippen LogP contribution in [0.25, 0.3) is 0 Å². The van der Waals surface area contributed by atoms with Gasteiger partial charge in [0.15, 0.2) is 0 Å². The molecule has 114 valence electrons. The zero-order chi connectivity index (χ0) is 15.2. The molecule has 1 atom stereocenters. The number of nitrogens with one attached hydrogen (secondary N) is 1. The highest BCUT2D eigenvalue weighted by Crippen LogP contribution is 2.30. The van der Waals surface area contributed by atoms with Gasteiger partial charge in [0, 0.05) is 12.6 Å². The number of rotatable bonds is 7. The number of nitrogens with zero attached hydrogens (tertiary/aromatic N) is 3. The van der Waals surface area contributed by atoms with E-state index in [1.807, 2.05) is 6.92 Å². The van der Waals surface area contributed by atoms with Crippen LogP contribution < -0.4 is 10.1 Å². The Kier molecular flexibility index (Phi) is 5.21. The van der Waals surface area contributed by atoms with E-state index in [1.54, 1.807) is 36.1 Å². The predicted octanol–water partition coefficient (Wildman–Crippen LogP) is 2.51. The molecule has 0 aliphatic heterocycles. The number of benzene rings is 1. The largest absolute Gasteiger partial charge is 0.434 e. The lowest BCUT2D eigenvalue weighted by Crippen LogP contribution is -2.26. The van der Waals surface area contributed by atoms with Crippen molar-refractivity contribution in [2.24, 2.45) is 7.05 Å². The molecule has 1 N–H and O–H groups in total. The Morgan fingerprint density at radius 1 is 1.33 bits per heavy atom. The van der Waals surface area contributed by atoms with Crippen LogP contribution in [0.2, 0.25) is 0 Å². The summed E-state index contributed by atoms with van der Waals surface area (Å²) in [6, 6.07) is 6.45. The Morgan fingerprint density at radius 3 is 2.71 bits per heavy atom. The first-order valence-corrected chi connectivity index (χ1v) is 6.75. The summed E-state index contributed by atoms with van der Waals surface area (Å²) < 4.78 is 31.4. The molecule has 0 bridgehead atoms. The van der Waals surface area contributed by atoms with Gasteiger partial charge in [-0.3, -0.25) is 4.68 Å². The second kappa shape index (κ2) is 7.12. The summed E-state index contributed by atoms with van der Waals surface area (Å²) in [5.74, 6) is 0.155. The summed E-state index contributed by atoms with van der Waals surface area (Å²) >= 11 is 0. The number of hydrogen-bond donors (Lipinski definition) is 1. The van der Waals surface area contributed by atoms with E-state index >= 15 is 0 Å². The zero-order valence-electron chi connectivity index (χ0n) is 12.0. The van der Waals surface area contributed by atoms with E-state index in [0.717, 1.165) is 18.7 Å². The molecule has 0 radical (unpaired) electrons. The van der Waals surface area contributed by atoms with Crippen LogP contribution in [0.15, 0.2) is 30.5 Å². The SMILES string of the molecule is CCCNC(c1ccccc1OC(F)F)c1cnnn1C. The van der Waals surface area contributed by atoms with Crippen molar-refractivity contribution in [3.63, 3.8) is 0 Å². The van der Waals surface area contributed by atoms with Gasteiger partial charge in [-0.15, -0.1) is 5.10 Å².